The Balaban J connectivity index is 1.84. The van der Waals surface area contributed by atoms with Crippen molar-refractivity contribution in [2.24, 2.45) is 0 Å². The summed E-state index contributed by atoms with van der Waals surface area (Å²) in [6.45, 7) is 0. The van der Waals surface area contributed by atoms with E-state index in [1.807, 2.05) is 37.4 Å². The molecule has 0 aliphatic heterocycles. The molecule has 4 heteroatoms. The van der Waals surface area contributed by atoms with Gasteiger partial charge in [-0.25, -0.2) is 4.39 Å². The number of nitrogens with one attached hydrogen (secondary N) is 1. The Morgan fingerprint density at radius 2 is 1.86 bits per heavy atom. The van der Waals surface area contributed by atoms with Crippen LogP contribution in [0, 0.1) is 5.82 Å². The molecule has 21 heavy (non-hydrogen) atoms. The molecule has 3 rings (SSSR count). The van der Waals surface area contributed by atoms with Crippen molar-refractivity contribution in [2.75, 3.05) is 7.05 Å². The summed E-state index contributed by atoms with van der Waals surface area (Å²) in [6.07, 6.45) is 2.70. The van der Waals surface area contributed by atoms with Crippen molar-refractivity contribution in [3.8, 4) is 5.75 Å². The average Bonchev–Trinajstić information content (AvgIpc) is 3.24. The van der Waals surface area contributed by atoms with Crippen molar-refractivity contribution < 1.29 is 9.13 Å². The van der Waals surface area contributed by atoms with Gasteiger partial charge in [0.25, 0.3) is 0 Å². The lowest BCUT2D eigenvalue weighted by molar-refractivity contribution is 0.303. The molecule has 2 nitrogen and oxygen atoms in total. The van der Waals surface area contributed by atoms with Gasteiger partial charge < -0.3 is 10.1 Å². The van der Waals surface area contributed by atoms with Crippen LogP contribution >= 0.6 is 15.9 Å². The lowest BCUT2D eigenvalue weighted by Gasteiger charge is -2.18. The van der Waals surface area contributed by atoms with E-state index in [2.05, 4.69) is 21.2 Å². The third-order valence-electron chi connectivity index (χ3n) is 3.55. The van der Waals surface area contributed by atoms with Gasteiger partial charge in [0.2, 0.25) is 0 Å². The fraction of sp³-hybridized carbons (Fsp3) is 0.294. The van der Waals surface area contributed by atoms with E-state index in [9.17, 15) is 4.39 Å². The maximum absolute atomic E-state index is 13.6. The van der Waals surface area contributed by atoms with Crippen LogP contribution < -0.4 is 10.1 Å². The largest absolute Gasteiger partial charge is 0.490 e. The quantitative estimate of drug-likeness (QED) is 0.861. The van der Waals surface area contributed by atoms with Crippen LogP contribution in [0.2, 0.25) is 0 Å². The molecule has 0 aromatic heterocycles. The molecule has 2 aromatic carbocycles. The number of ether oxygens (including phenoxy) is 1. The Bertz CT molecular complexity index is 605. The zero-order valence-corrected chi connectivity index (χ0v) is 13.4. The van der Waals surface area contributed by atoms with Crippen molar-refractivity contribution in [2.45, 2.75) is 25.0 Å². The second-order valence-electron chi connectivity index (χ2n) is 5.31. The molecule has 0 amide bonds. The molecule has 1 atom stereocenters. The molecule has 0 bridgehead atoms. The summed E-state index contributed by atoms with van der Waals surface area (Å²) in [5.41, 5.74) is 1.97. The van der Waals surface area contributed by atoms with Crippen molar-refractivity contribution in [1.29, 1.82) is 0 Å². The van der Waals surface area contributed by atoms with Crippen LogP contribution in [0.4, 0.5) is 4.39 Å². The molecule has 1 aliphatic rings. The summed E-state index contributed by atoms with van der Waals surface area (Å²) in [5.74, 6) is 0.657. The minimum absolute atomic E-state index is 0.0491. The molecule has 1 fully saturated rings. The molecule has 0 spiro atoms. The van der Waals surface area contributed by atoms with Gasteiger partial charge in [0.15, 0.2) is 0 Å². The Hall–Kier alpha value is -1.39. The first-order valence-corrected chi connectivity index (χ1v) is 7.85. The Morgan fingerprint density at radius 3 is 2.43 bits per heavy atom. The number of hydrogen-bond donors (Lipinski definition) is 1. The highest BCUT2D eigenvalue weighted by Gasteiger charge is 2.23. The minimum atomic E-state index is -0.242. The third kappa shape index (κ3) is 3.63. The molecule has 110 valence electrons. The maximum atomic E-state index is 13.6. The van der Waals surface area contributed by atoms with E-state index in [1.165, 1.54) is 6.07 Å². The van der Waals surface area contributed by atoms with Gasteiger partial charge in [-0.05, 0) is 61.3 Å². The van der Waals surface area contributed by atoms with Crippen LogP contribution in [0.5, 0.6) is 5.75 Å². The van der Waals surface area contributed by atoms with Gasteiger partial charge in [-0.15, -0.1) is 0 Å². The monoisotopic (exact) mass is 349 g/mol. The van der Waals surface area contributed by atoms with E-state index in [4.69, 9.17) is 4.74 Å². The van der Waals surface area contributed by atoms with Crippen molar-refractivity contribution in [3.63, 3.8) is 0 Å². The smallest absolute Gasteiger partial charge is 0.124 e. The van der Waals surface area contributed by atoms with E-state index in [1.54, 1.807) is 6.07 Å². The molecular formula is C17H17BrFNO. The van der Waals surface area contributed by atoms with E-state index in [0.29, 0.717) is 6.10 Å². The van der Waals surface area contributed by atoms with Gasteiger partial charge in [-0.2, -0.15) is 0 Å². The van der Waals surface area contributed by atoms with E-state index >= 15 is 0 Å². The fourth-order valence-corrected chi connectivity index (χ4v) is 2.87. The lowest BCUT2D eigenvalue weighted by Crippen LogP contribution is -2.17. The Labute approximate surface area is 132 Å². The summed E-state index contributed by atoms with van der Waals surface area (Å²) in [6, 6.07) is 12.9. The topological polar surface area (TPSA) is 21.3 Å². The summed E-state index contributed by atoms with van der Waals surface area (Å²) < 4.78 is 20.1. The average molecular weight is 350 g/mol. The first kappa shape index (κ1) is 14.5. The summed E-state index contributed by atoms with van der Waals surface area (Å²) >= 11 is 3.34. The van der Waals surface area contributed by atoms with Gasteiger partial charge >= 0.3 is 0 Å². The Morgan fingerprint density at radius 1 is 1.14 bits per heavy atom. The van der Waals surface area contributed by atoms with Gasteiger partial charge in [-0.1, -0.05) is 28.1 Å². The van der Waals surface area contributed by atoms with Crippen LogP contribution in [0.3, 0.4) is 0 Å². The highest BCUT2D eigenvalue weighted by Crippen LogP contribution is 2.29. The zero-order valence-electron chi connectivity index (χ0n) is 11.8. The summed E-state index contributed by atoms with van der Waals surface area (Å²) in [7, 11) is 1.87. The number of benzene rings is 2. The predicted octanol–water partition coefficient (Wildman–Crippen LogP) is 4.44. The molecule has 0 heterocycles. The molecule has 1 saturated carbocycles. The van der Waals surface area contributed by atoms with E-state index < -0.39 is 0 Å². The van der Waals surface area contributed by atoms with Crippen molar-refractivity contribution >= 4 is 15.9 Å². The molecule has 1 aliphatic carbocycles. The van der Waals surface area contributed by atoms with Crippen molar-refractivity contribution in [1.82, 2.24) is 5.32 Å². The van der Waals surface area contributed by atoms with E-state index in [-0.39, 0.29) is 11.9 Å². The van der Waals surface area contributed by atoms with Crippen LogP contribution in [0.15, 0.2) is 46.9 Å². The lowest BCUT2D eigenvalue weighted by atomic mass is 9.99. The highest BCUT2D eigenvalue weighted by molar-refractivity contribution is 9.10. The SMILES string of the molecule is CNC(c1ccc(OC2CC2)cc1)c1cc(F)cc(Br)c1. The highest BCUT2D eigenvalue weighted by atomic mass is 79.9. The van der Waals surface area contributed by atoms with Crippen LogP contribution in [-0.2, 0) is 0 Å². The third-order valence-corrected chi connectivity index (χ3v) is 4.01. The van der Waals surface area contributed by atoms with E-state index in [0.717, 1.165) is 34.2 Å². The molecule has 0 saturated heterocycles. The first-order valence-electron chi connectivity index (χ1n) is 7.05. The van der Waals surface area contributed by atoms with Gasteiger partial charge in [0.05, 0.1) is 12.1 Å². The van der Waals surface area contributed by atoms with Gasteiger partial charge in [0.1, 0.15) is 11.6 Å². The van der Waals surface area contributed by atoms with Crippen LogP contribution in [0.25, 0.3) is 0 Å². The van der Waals surface area contributed by atoms with Crippen LogP contribution in [0.1, 0.15) is 30.0 Å². The van der Waals surface area contributed by atoms with Gasteiger partial charge in [-0.3, -0.25) is 0 Å². The van der Waals surface area contributed by atoms with Crippen molar-refractivity contribution in [3.05, 3.63) is 63.9 Å². The zero-order chi connectivity index (χ0) is 14.8. The summed E-state index contributed by atoms with van der Waals surface area (Å²) in [4.78, 5) is 0. The molecule has 2 aromatic rings. The maximum Gasteiger partial charge on any atom is 0.124 e. The first-order chi connectivity index (χ1) is 10.2. The van der Waals surface area contributed by atoms with Crippen LogP contribution in [-0.4, -0.2) is 13.2 Å². The fourth-order valence-electron chi connectivity index (χ4n) is 2.38. The molecule has 0 radical (unpaired) electrons. The second kappa shape index (κ2) is 6.16. The normalized spacial score (nSPS) is 15.8. The summed E-state index contributed by atoms with van der Waals surface area (Å²) in [5, 5.41) is 3.23. The number of rotatable bonds is 5. The Kier molecular flexibility index (Phi) is 4.27. The standard InChI is InChI=1S/C17H17BrFNO/c1-20-17(12-8-13(18)10-14(19)9-12)11-2-4-15(5-3-11)21-16-6-7-16/h2-5,8-10,16-17,20H,6-7H2,1H3. The number of hydrogen-bond acceptors (Lipinski definition) is 2. The molecule has 1 unspecified atom stereocenters. The molecular weight excluding hydrogens is 333 g/mol. The van der Waals surface area contributed by atoms with Gasteiger partial charge in [0, 0.05) is 4.47 Å². The molecule has 1 N–H and O–H groups in total. The minimum Gasteiger partial charge on any atom is -0.490 e. The predicted molar refractivity (Wildman–Crippen MR) is 85.1 cm³/mol. The number of halogens is 2. The second-order valence-corrected chi connectivity index (χ2v) is 6.23.